The van der Waals surface area contributed by atoms with Crippen LogP contribution in [0.15, 0.2) is 78.9 Å². The first-order valence-corrected chi connectivity index (χ1v) is 9.23. The minimum atomic E-state index is -4.50. The minimum absolute atomic E-state index is 0.0820. The first-order chi connectivity index (χ1) is 14.3. The van der Waals surface area contributed by atoms with Gasteiger partial charge in [-0.05, 0) is 47.5 Å². The van der Waals surface area contributed by atoms with Gasteiger partial charge in [0, 0.05) is 12.1 Å². The highest BCUT2D eigenvalue weighted by Gasteiger charge is 2.30. The van der Waals surface area contributed by atoms with Crippen LogP contribution in [0.5, 0.6) is 5.75 Å². The van der Waals surface area contributed by atoms with Crippen molar-refractivity contribution in [1.82, 2.24) is 5.32 Å². The molecule has 1 amide bonds. The number of carbonyl (C=O) groups excluding carboxylic acids is 1. The van der Waals surface area contributed by atoms with Crippen molar-refractivity contribution in [2.45, 2.75) is 18.9 Å². The van der Waals surface area contributed by atoms with E-state index in [-0.39, 0.29) is 12.1 Å². The molecule has 0 radical (unpaired) electrons. The average molecular weight is 415 g/mol. The molecule has 3 aromatic carbocycles. The molecule has 0 aliphatic carbocycles. The number of ether oxygens (including phenoxy) is 1. The summed E-state index contributed by atoms with van der Waals surface area (Å²) in [6.45, 7) is 0.138. The second kappa shape index (κ2) is 9.45. The number of carbonyl (C=O) groups is 1. The van der Waals surface area contributed by atoms with E-state index < -0.39 is 23.8 Å². The second-order valence-corrected chi connectivity index (χ2v) is 6.65. The lowest BCUT2D eigenvalue weighted by molar-refractivity contribution is -0.137. The van der Waals surface area contributed by atoms with Gasteiger partial charge in [0.1, 0.15) is 12.4 Å². The molecule has 0 spiro atoms. The van der Waals surface area contributed by atoms with Gasteiger partial charge in [-0.25, -0.2) is 0 Å². The fraction of sp³-hybridized carbons (Fsp3) is 0.174. The van der Waals surface area contributed by atoms with Crippen LogP contribution in [0.1, 0.15) is 33.2 Å². The van der Waals surface area contributed by atoms with E-state index in [9.17, 15) is 23.1 Å². The van der Waals surface area contributed by atoms with E-state index in [2.05, 4.69) is 5.32 Å². The number of hydrogen-bond donors (Lipinski definition) is 2. The lowest BCUT2D eigenvalue weighted by Gasteiger charge is -2.14. The molecule has 30 heavy (non-hydrogen) atoms. The van der Waals surface area contributed by atoms with Gasteiger partial charge in [-0.2, -0.15) is 13.2 Å². The molecule has 0 saturated carbocycles. The molecule has 156 valence electrons. The molecule has 1 atom stereocenters. The number of para-hydroxylation sites is 1. The van der Waals surface area contributed by atoms with Gasteiger partial charge < -0.3 is 15.2 Å². The Balaban J connectivity index is 1.53. The van der Waals surface area contributed by atoms with E-state index in [1.165, 1.54) is 12.1 Å². The van der Waals surface area contributed by atoms with Gasteiger partial charge in [0.2, 0.25) is 0 Å². The Labute approximate surface area is 171 Å². The number of benzene rings is 3. The Morgan fingerprint density at radius 3 is 2.33 bits per heavy atom. The Bertz CT molecular complexity index is 973. The highest BCUT2D eigenvalue weighted by atomic mass is 19.4. The van der Waals surface area contributed by atoms with Gasteiger partial charge in [-0.1, -0.05) is 42.5 Å². The molecular weight excluding hydrogens is 395 g/mol. The number of aliphatic hydroxyl groups excluding tert-OH is 1. The van der Waals surface area contributed by atoms with Crippen molar-refractivity contribution in [3.05, 3.63) is 101 Å². The average Bonchev–Trinajstić information content (AvgIpc) is 2.76. The van der Waals surface area contributed by atoms with Crippen molar-refractivity contribution < 1.29 is 27.8 Å². The molecule has 0 aliphatic heterocycles. The standard InChI is InChI=1S/C23H20F3NO3/c24-23(25,26)19-6-4-5-18(13-19)21(28)14-27-22(29)17-11-9-16(10-12-17)15-30-20-7-2-1-3-8-20/h1-13,21,28H,14-15H2,(H,27,29)/t21-/m1/s1. The zero-order valence-electron chi connectivity index (χ0n) is 15.9. The third-order valence-corrected chi connectivity index (χ3v) is 4.42. The first-order valence-electron chi connectivity index (χ1n) is 9.23. The van der Waals surface area contributed by atoms with Crippen molar-refractivity contribution in [3.8, 4) is 5.75 Å². The largest absolute Gasteiger partial charge is 0.489 e. The van der Waals surface area contributed by atoms with E-state index in [1.807, 2.05) is 30.3 Å². The second-order valence-electron chi connectivity index (χ2n) is 6.65. The zero-order valence-corrected chi connectivity index (χ0v) is 15.9. The summed E-state index contributed by atoms with van der Waals surface area (Å²) in [7, 11) is 0. The van der Waals surface area contributed by atoms with Gasteiger partial charge in [0.15, 0.2) is 0 Å². The van der Waals surface area contributed by atoms with Crippen LogP contribution in [0.2, 0.25) is 0 Å². The van der Waals surface area contributed by atoms with Gasteiger partial charge in [-0.15, -0.1) is 0 Å². The molecule has 7 heteroatoms. The fourth-order valence-corrected chi connectivity index (χ4v) is 2.77. The third kappa shape index (κ3) is 5.84. The van der Waals surface area contributed by atoms with Crippen molar-refractivity contribution in [3.63, 3.8) is 0 Å². The molecule has 0 aliphatic rings. The topological polar surface area (TPSA) is 58.6 Å². The number of amides is 1. The van der Waals surface area contributed by atoms with Gasteiger partial charge >= 0.3 is 6.18 Å². The molecule has 2 N–H and O–H groups in total. The van der Waals surface area contributed by atoms with Crippen LogP contribution in [0.3, 0.4) is 0 Å². The van der Waals surface area contributed by atoms with Crippen LogP contribution in [-0.2, 0) is 12.8 Å². The number of alkyl halides is 3. The van der Waals surface area contributed by atoms with Crippen LogP contribution in [-0.4, -0.2) is 17.6 Å². The predicted octanol–water partition coefficient (Wildman–Crippen LogP) is 4.75. The zero-order chi connectivity index (χ0) is 21.6. The minimum Gasteiger partial charge on any atom is -0.489 e. The highest BCUT2D eigenvalue weighted by Crippen LogP contribution is 2.30. The fourth-order valence-electron chi connectivity index (χ4n) is 2.77. The van der Waals surface area contributed by atoms with Crippen molar-refractivity contribution in [1.29, 1.82) is 0 Å². The predicted molar refractivity (Wildman–Crippen MR) is 106 cm³/mol. The monoisotopic (exact) mass is 415 g/mol. The van der Waals surface area contributed by atoms with Crippen molar-refractivity contribution in [2.24, 2.45) is 0 Å². The molecule has 0 saturated heterocycles. The van der Waals surface area contributed by atoms with Crippen LogP contribution in [0.25, 0.3) is 0 Å². The van der Waals surface area contributed by atoms with E-state index in [0.29, 0.717) is 12.2 Å². The number of hydrogen-bond acceptors (Lipinski definition) is 3. The normalized spacial score (nSPS) is 12.3. The number of rotatable bonds is 7. The third-order valence-electron chi connectivity index (χ3n) is 4.42. The quantitative estimate of drug-likeness (QED) is 0.586. The Hall–Kier alpha value is -3.32. The summed E-state index contributed by atoms with van der Waals surface area (Å²) in [5.74, 6) is 0.305. The van der Waals surface area contributed by atoms with Gasteiger partial charge in [0.25, 0.3) is 5.91 Å². The molecule has 4 nitrogen and oxygen atoms in total. The van der Waals surface area contributed by atoms with E-state index in [0.717, 1.165) is 23.4 Å². The van der Waals surface area contributed by atoms with Gasteiger partial charge in [-0.3, -0.25) is 4.79 Å². The van der Waals surface area contributed by atoms with Crippen LogP contribution < -0.4 is 10.1 Å². The Morgan fingerprint density at radius 2 is 1.67 bits per heavy atom. The SMILES string of the molecule is O=C(NC[C@@H](O)c1cccc(C(F)(F)F)c1)c1ccc(COc2ccccc2)cc1. The molecular formula is C23H20F3NO3. The molecule has 3 rings (SSSR count). The van der Waals surface area contributed by atoms with E-state index in [4.69, 9.17) is 4.74 Å². The lowest BCUT2D eigenvalue weighted by atomic mass is 10.1. The molecule has 0 fully saturated rings. The number of halogens is 3. The molecule has 0 unspecified atom stereocenters. The van der Waals surface area contributed by atoms with Gasteiger partial charge in [0.05, 0.1) is 11.7 Å². The highest BCUT2D eigenvalue weighted by molar-refractivity contribution is 5.94. The summed E-state index contributed by atoms with van der Waals surface area (Å²) in [6.07, 6.45) is -5.75. The molecule has 3 aromatic rings. The maximum atomic E-state index is 12.8. The van der Waals surface area contributed by atoms with Crippen LogP contribution in [0, 0.1) is 0 Å². The summed E-state index contributed by atoms with van der Waals surface area (Å²) in [5.41, 5.74) is 0.478. The Morgan fingerprint density at radius 1 is 0.967 bits per heavy atom. The Kier molecular flexibility index (Phi) is 6.74. The smallest absolute Gasteiger partial charge is 0.416 e. The molecule has 0 heterocycles. The number of aliphatic hydroxyl groups is 1. The summed E-state index contributed by atoms with van der Waals surface area (Å²) in [6, 6.07) is 20.5. The number of nitrogens with one attached hydrogen (secondary N) is 1. The summed E-state index contributed by atoms with van der Waals surface area (Å²) < 4.78 is 44.0. The van der Waals surface area contributed by atoms with Crippen molar-refractivity contribution in [2.75, 3.05) is 6.54 Å². The summed E-state index contributed by atoms with van der Waals surface area (Å²) in [4.78, 5) is 12.3. The maximum Gasteiger partial charge on any atom is 0.416 e. The summed E-state index contributed by atoms with van der Waals surface area (Å²) >= 11 is 0. The summed E-state index contributed by atoms with van der Waals surface area (Å²) in [5, 5.41) is 12.7. The molecule has 0 bridgehead atoms. The first kappa shape index (κ1) is 21.4. The van der Waals surface area contributed by atoms with Crippen LogP contribution in [0.4, 0.5) is 13.2 Å². The van der Waals surface area contributed by atoms with Crippen LogP contribution >= 0.6 is 0 Å². The lowest BCUT2D eigenvalue weighted by Crippen LogP contribution is -2.28. The van der Waals surface area contributed by atoms with E-state index >= 15 is 0 Å². The maximum absolute atomic E-state index is 12.8. The van der Waals surface area contributed by atoms with Crippen molar-refractivity contribution >= 4 is 5.91 Å². The molecule has 0 aromatic heterocycles. The van der Waals surface area contributed by atoms with E-state index in [1.54, 1.807) is 24.3 Å².